The number of imidazole rings is 1. The number of aromatic nitrogens is 5. The van der Waals surface area contributed by atoms with Crippen LogP contribution in [0.3, 0.4) is 0 Å². The number of para-hydroxylation sites is 1. The largest absolute Gasteiger partial charge is 0.490 e. The predicted octanol–water partition coefficient (Wildman–Crippen LogP) is 3.47. The Morgan fingerprint density at radius 3 is 2.36 bits per heavy atom. The first-order valence-corrected chi connectivity index (χ1v) is 14.8. The lowest BCUT2D eigenvalue weighted by molar-refractivity contribution is -0.192. The Morgan fingerprint density at radius 1 is 0.915 bits per heavy atom. The molecule has 0 bridgehead atoms. The first-order chi connectivity index (χ1) is 22.7. The molecule has 0 radical (unpaired) electrons. The number of morpholine rings is 1. The molecule has 0 atom stereocenters. The first kappa shape index (κ1) is 31.6. The average molecular weight is 650 g/mol. The van der Waals surface area contributed by atoms with Crippen molar-refractivity contribution in [3.05, 3.63) is 72.7 Å². The summed E-state index contributed by atoms with van der Waals surface area (Å²) in [6.45, 7) is 6.42. The standard InChI is InChI=1S/C29H29N9O2.C2HF3O2/c39-29(34-24-7-5-20-3-1-2-4-22(20)33-24)26-27(21-6-8-25(31-19-21)37-13-11-30-12-14-37)38-28(35-26)23(9-10-32-38)36-15-17-40-18-16-36;3-2(4,5)1(6)7/h1-10,19,30H,11-18H2,(H,33,34,39);(H,6,7). The minimum Gasteiger partial charge on any atom is -0.475 e. The number of carboxylic acid groups (broad SMARTS) is 1. The molecule has 1 aromatic carbocycles. The number of carbonyl (C=O) groups is 2. The van der Waals surface area contributed by atoms with Gasteiger partial charge in [-0.05, 0) is 36.4 Å². The molecular formula is C31H30F3N9O4. The van der Waals surface area contributed by atoms with E-state index >= 15 is 0 Å². The third kappa shape index (κ3) is 7.07. The maximum Gasteiger partial charge on any atom is 0.490 e. The van der Waals surface area contributed by atoms with E-state index in [9.17, 15) is 18.0 Å². The summed E-state index contributed by atoms with van der Waals surface area (Å²) in [6.07, 6.45) is -1.53. The van der Waals surface area contributed by atoms with Gasteiger partial charge in [-0.2, -0.15) is 18.3 Å². The fourth-order valence-corrected chi connectivity index (χ4v) is 5.32. The van der Waals surface area contributed by atoms with E-state index in [1.54, 1.807) is 23.0 Å². The molecule has 47 heavy (non-hydrogen) atoms. The zero-order chi connectivity index (χ0) is 33.0. The molecule has 7 rings (SSSR count). The van der Waals surface area contributed by atoms with E-state index in [2.05, 4.69) is 30.5 Å². The lowest BCUT2D eigenvalue weighted by Gasteiger charge is -2.28. The highest BCUT2D eigenvalue weighted by Crippen LogP contribution is 2.31. The number of piperazine rings is 1. The van der Waals surface area contributed by atoms with Gasteiger partial charge in [0.05, 0.1) is 30.6 Å². The average Bonchev–Trinajstić information content (AvgIpc) is 3.49. The van der Waals surface area contributed by atoms with Crippen LogP contribution in [0.15, 0.2) is 67.0 Å². The van der Waals surface area contributed by atoms with Gasteiger partial charge >= 0.3 is 12.1 Å². The molecule has 6 heterocycles. The van der Waals surface area contributed by atoms with Crippen LogP contribution in [0.5, 0.6) is 0 Å². The molecule has 0 aliphatic carbocycles. The quantitative estimate of drug-likeness (QED) is 0.257. The second kappa shape index (κ2) is 13.6. The van der Waals surface area contributed by atoms with Crippen LogP contribution in [0.4, 0.5) is 30.5 Å². The maximum atomic E-state index is 13.8. The van der Waals surface area contributed by atoms with E-state index in [1.807, 2.05) is 48.5 Å². The Kier molecular flexibility index (Phi) is 9.12. The van der Waals surface area contributed by atoms with Crippen LogP contribution in [0, 0.1) is 0 Å². The number of pyridine rings is 2. The summed E-state index contributed by atoms with van der Waals surface area (Å²) in [5, 5.41) is 19.1. The molecule has 2 saturated heterocycles. The number of aliphatic carboxylic acids is 1. The molecule has 13 nitrogen and oxygen atoms in total. The summed E-state index contributed by atoms with van der Waals surface area (Å²) in [5.41, 5.74) is 3.94. The number of carbonyl (C=O) groups excluding carboxylic acids is 1. The minimum absolute atomic E-state index is 0.264. The van der Waals surface area contributed by atoms with Crippen molar-refractivity contribution in [1.29, 1.82) is 0 Å². The molecule has 244 valence electrons. The lowest BCUT2D eigenvalue weighted by Crippen LogP contribution is -2.43. The minimum atomic E-state index is -5.08. The molecule has 0 unspecified atom stereocenters. The van der Waals surface area contributed by atoms with Gasteiger partial charge in [0.15, 0.2) is 11.3 Å². The molecule has 5 aromatic rings. The Hall–Kier alpha value is -5.35. The Bertz CT molecular complexity index is 1890. The molecule has 3 N–H and O–H groups in total. The van der Waals surface area contributed by atoms with E-state index in [0.29, 0.717) is 30.4 Å². The molecule has 2 aliphatic heterocycles. The number of nitrogens with zero attached hydrogens (tertiary/aromatic N) is 7. The number of alkyl halides is 3. The Labute approximate surface area is 266 Å². The summed E-state index contributed by atoms with van der Waals surface area (Å²) in [7, 11) is 0. The lowest BCUT2D eigenvalue weighted by atomic mass is 10.1. The van der Waals surface area contributed by atoms with E-state index in [4.69, 9.17) is 24.6 Å². The van der Waals surface area contributed by atoms with Crippen molar-refractivity contribution in [2.24, 2.45) is 0 Å². The van der Waals surface area contributed by atoms with Crippen molar-refractivity contribution in [2.45, 2.75) is 6.18 Å². The summed E-state index contributed by atoms with van der Waals surface area (Å²) >= 11 is 0. The fourth-order valence-electron chi connectivity index (χ4n) is 5.32. The second-order valence-electron chi connectivity index (χ2n) is 10.6. The van der Waals surface area contributed by atoms with Gasteiger partial charge in [-0.15, -0.1) is 0 Å². The van der Waals surface area contributed by atoms with E-state index < -0.39 is 12.1 Å². The third-order valence-corrected chi connectivity index (χ3v) is 7.61. The van der Waals surface area contributed by atoms with Crippen molar-refractivity contribution in [3.63, 3.8) is 0 Å². The van der Waals surface area contributed by atoms with E-state index in [-0.39, 0.29) is 11.6 Å². The third-order valence-electron chi connectivity index (χ3n) is 7.61. The maximum absolute atomic E-state index is 13.8. The first-order valence-electron chi connectivity index (χ1n) is 14.8. The van der Waals surface area contributed by atoms with Gasteiger partial charge < -0.3 is 30.3 Å². The second-order valence-corrected chi connectivity index (χ2v) is 10.6. The number of hydrogen-bond acceptors (Lipinski definition) is 10. The number of ether oxygens (including phenoxy) is 1. The number of benzene rings is 1. The van der Waals surface area contributed by atoms with Crippen LogP contribution in [0.1, 0.15) is 10.5 Å². The molecule has 0 saturated carbocycles. The molecule has 16 heteroatoms. The number of halogens is 3. The summed E-state index contributed by atoms with van der Waals surface area (Å²) < 4.78 is 39.0. The van der Waals surface area contributed by atoms with Gasteiger partial charge in [0.1, 0.15) is 17.3 Å². The number of carboxylic acids is 1. The van der Waals surface area contributed by atoms with Crippen LogP contribution >= 0.6 is 0 Å². The van der Waals surface area contributed by atoms with Crippen LogP contribution in [-0.4, -0.2) is 100 Å². The van der Waals surface area contributed by atoms with Crippen molar-refractivity contribution in [1.82, 2.24) is 29.9 Å². The molecule has 1 amide bonds. The fraction of sp³-hybridized carbons (Fsp3) is 0.290. The predicted molar refractivity (Wildman–Crippen MR) is 168 cm³/mol. The van der Waals surface area contributed by atoms with Gasteiger partial charge in [-0.3, -0.25) is 4.79 Å². The van der Waals surface area contributed by atoms with Crippen LogP contribution in [0.2, 0.25) is 0 Å². The molecule has 2 fully saturated rings. The number of nitrogens with one attached hydrogen (secondary N) is 2. The van der Waals surface area contributed by atoms with Gasteiger partial charge in [-0.25, -0.2) is 24.3 Å². The number of rotatable bonds is 5. The topological polar surface area (TPSA) is 150 Å². The van der Waals surface area contributed by atoms with Crippen molar-refractivity contribution in [2.75, 3.05) is 67.6 Å². The summed E-state index contributed by atoms with van der Waals surface area (Å²) in [4.78, 5) is 41.4. The molecule has 2 aliphatic rings. The van der Waals surface area contributed by atoms with E-state index in [1.165, 1.54) is 0 Å². The van der Waals surface area contributed by atoms with Gasteiger partial charge in [0, 0.05) is 56.4 Å². The summed E-state index contributed by atoms with van der Waals surface area (Å²) in [6, 6.07) is 17.5. The number of amides is 1. The van der Waals surface area contributed by atoms with Gasteiger partial charge in [0.25, 0.3) is 5.91 Å². The van der Waals surface area contributed by atoms with Crippen LogP contribution < -0.4 is 20.4 Å². The zero-order valence-corrected chi connectivity index (χ0v) is 24.9. The van der Waals surface area contributed by atoms with Crippen molar-refractivity contribution in [3.8, 4) is 11.3 Å². The molecular weight excluding hydrogens is 619 g/mol. The van der Waals surface area contributed by atoms with Crippen molar-refractivity contribution >= 4 is 45.7 Å². The molecule has 0 spiro atoms. The highest BCUT2D eigenvalue weighted by molar-refractivity contribution is 6.07. The van der Waals surface area contributed by atoms with Crippen LogP contribution in [-0.2, 0) is 9.53 Å². The van der Waals surface area contributed by atoms with Crippen LogP contribution in [0.25, 0.3) is 27.8 Å². The zero-order valence-electron chi connectivity index (χ0n) is 24.9. The van der Waals surface area contributed by atoms with Crippen molar-refractivity contribution < 1.29 is 32.6 Å². The Morgan fingerprint density at radius 2 is 1.66 bits per heavy atom. The SMILES string of the molecule is O=C(Nc1ccc2ccccc2n1)c1nc2c(N3CCOCC3)ccnn2c1-c1ccc(N2CCNCC2)nc1.O=C(O)C(F)(F)F. The normalized spacial score (nSPS) is 15.3. The highest BCUT2D eigenvalue weighted by Gasteiger charge is 2.38. The number of anilines is 3. The van der Waals surface area contributed by atoms with Gasteiger partial charge in [-0.1, -0.05) is 18.2 Å². The smallest absolute Gasteiger partial charge is 0.475 e. The monoisotopic (exact) mass is 649 g/mol. The summed E-state index contributed by atoms with van der Waals surface area (Å²) in [5.74, 6) is -1.75. The van der Waals surface area contributed by atoms with E-state index in [0.717, 1.165) is 67.2 Å². The number of hydrogen-bond donors (Lipinski definition) is 3. The Balaban J connectivity index is 0.000000499. The highest BCUT2D eigenvalue weighted by atomic mass is 19.4. The molecule has 4 aromatic heterocycles. The number of fused-ring (bicyclic) bond motifs is 2. The van der Waals surface area contributed by atoms with Gasteiger partial charge in [0.2, 0.25) is 0 Å².